The van der Waals surface area contributed by atoms with Crippen molar-refractivity contribution in [2.45, 2.75) is 45.2 Å². The smallest absolute Gasteiger partial charge is 0.135 e. The molecule has 0 amide bonds. The van der Waals surface area contributed by atoms with E-state index in [0.717, 1.165) is 31.0 Å². The minimum Gasteiger partial charge on any atom is -0.326 e. The first-order valence-corrected chi connectivity index (χ1v) is 4.90. The molecule has 0 aliphatic carbocycles. The van der Waals surface area contributed by atoms with E-state index >= 15 is 0 Å². The van der Waals surface area contributed by atoms with E-state index in [-0.39, 0.29) is 6.04 Å². The second-order valence-electron chi connectivity index (χ2n) is 3.84. The molecule has 4 heteroatoms. The van der Waals surface area contributed by atoms with Crippen LogP contribution in [0.1, 0.15) is 37.8 Å². The summed E-state index contributed by atoms with van der Waals surface area (Å²) in [4.78, 5) is 0. The van der Waals surface area contributed by atoms with Crippen LogP contribution in [0.3, 0.4) is 0 Å². The van der Waals surface area contributed by atoms with E-state index in [1.165, 1.54) is 0 Å². The van der Waals surface area contributed by atoms with Crippen LogP contribution in [0.15, 0.2) is 0 Å². The highest BCUT2D eigenvalue weighted by molar-refractivity contribution is 5.05. The summed E-state index contributed by atoms with van der Waals surface area (Å²) in [5, 5.41) is 8.36. The van der Waals surface area contributed by atoms with E-state index in [1.807, 2.05) is 0 Å². The van der Waals surface area contributed by atoms with E-state index in [4.69, 9.17) is 5.73 Å². The zero-order chi connectivity index (χ0) is 9.42. The summed E-state index contributed by atoms with van der Waals surface area (Å²) in [6.07, 6.45) is 1.97. The average molecular weight is 180 g/mol. The Morgan fingerprint density at radius 1 is 1.54 bits per heavy atom. The van der Waals surface area contributed by atoms with Crippen LogP contribution in [0, 0.1) is 0 Å². The molecule has 0 aromatic carbocycles. The SMILES string of the molecule is CCc1nnc2n1CC(N)CC2C. The van der Waals surface area contributed by atoms with E-state index in [1.54, 1.807) is 0 Å². The van der Waals surface area contributed by atoms with E-state index in [0.29, 0.717) is 5.92 Å². The molecule has 0 spiro atoms. The van der Waals surface area contributed by atoms with Crippen molar-refractivity contribution in [3.8, 4) is 0 Å². The Morgan fingerprint density at radius 2 is 2.31 bits per heavy atom. The van der Waals surface area contributed by atoms with Gasteiger partial charge in [-0.3, -0.25) is 0 Å². The van der Waals surface area contributed by atoms with Gasteiger partial charge in [-0.15, -0.1) is 10.2 Å². The third kappa shape index (κ3) is 1.35. The molecule has 0 saturated carbocycles. The van der Waals surface area contributed by atoms with Gasteiger partial charge in [0.2, 0.25) is 0 Å². The van der Waals surface area contributed by atoms with Gasteiger partial charge in [0.05, 0.1) is 0 Å². The van der Waals surface area contributed by atoms with E-state index < -0.39 is 0 Å². The zero-order valence-electron chi connectivity index (χ0n) is 8.20. The lowest BCUT2D eigenvalue weighted by Crippen LogP contribution is -2.34. The normalized spacial score (nSPS) is 27.3. The molecule has 1 aliphatic rings. The predicted molar refractivity (Wildman–Crippen MR) is 50.4 cm³/mol. The van der Waals surface area contributed by atoms with E-state index in [2.05, 4.69) is 28.6 Å². The first-order chi connectivity index (χ1) is 6.22. The number of hydrogen-bond donors (Lipinski definition) is 1. The highest BCUT2D eigenvalue weighted by atomic mass is 15.3. The minimum atomic E-state index is 0.267. The van der Waals surface area contributed by atoms with Crippen molar-refractivity contribution in [2.24, 2.45) is 5.73 Å². The largest absolute Gasteiger partial charge is 0.326 e. The topological polar surface area (TPSA) is 56.7 Å². The van der Waals surface area contributed by atoms with Gasteiger partial charge in [-0.05, 0) is 6.42 Å². The summed E-state index contributed by atoms with van der Waals surface area (Å²) >= 11 is 0. The number of rotatable bonds is 1. The molecule has 1 aromatic rings. The lowest BCUT2D eigenvalue weighted by Gasteiger charge is -2.25. The van der Waals surface area contributed by atoms with Gasteiger partial charge in [0.25, 0.3) is 0 Å². The Balaban J connectivity index is 2.40. The summed E-state index contributed by atoms with van der Waals surface area (Å²) in [5.74, 6) is 2.63. The van der Waals surface area contributed by atoms with Crippen LogP contribution >= 0.6 is 0 Å². The number of aromatic nitrogens is 3. The standard InChI is InChI=1S/C9H16N4/c1-3-8-11-12-9-6(2)4-7(10)5-13(8)9/h6-7H,3-5,10H2,1-2H3. The van der Waals surface area contributed by atoms with Gasteiger partial charge in [0.1, 0.15) is 11.6 Å². The quantitative estimate of drug-likeness (QED) is 0.691. The van der Waals surface area contributed by atoms with Gasteiger partial charge in [-0.2, -0.15) is 0 Å². The molecule has 72 valence electrons. The van der Waals surface area contributed by atoms with Gasteiger partial charge < -0.3 is 10.3 Å². The molecule has 4 nitrogen and oxygen atoms in total. The van der Waals surface area contributed by atoms with Gasteiger partial charge in [0, 0.05) is 24.9 Å². The van der Waals surface area contributed by atoms with E-state index in [9.17, 15) is 0 Å². The monoisotopic (exact) mass is 180 g/mol. The lowest BCUT2D eigenvalue weighted by atomic mass is 9.97. The molecule has 1 aliphatic heterocycles. The Morgan fingerprint density at radius 3 is 3.00 bits per heavy atom. The molecule has 2 atom stereocenters. The second kappa shape index (κ2) is 3.10. The van der Waals surface area contributed by atoms with Crippen molar-refractivity contribution >= 4 is 0 Å². The molecule has 0 saturated heterocycles. The Bertz CT molecular complexity index is 305. The summed E-state index contributed by atoms with van der Waals surface area (Å²) in [6, 6.07) is 0.267. The predicted octanol–water partition coefficient (Wildman–Crippen LogP) is 0.675. The number of fused-ring (bicyclic) bond motifs is 1. The molecule has 0 fully saturated rings. The van der Waals surface area contributed by atoms with Crippen LogP contribution in [-0.4, -0.2) is 20.8 Å². The van der Waals surface area contributed by atoms with Crippen molar-refractivity contribution < 1.29 is 0 Å². The van der Waals surface area contributed by atoms with Crippen molar-refractivity contribution in [1.29, 1.82) is 0 Å². The molecule has 2 rings (SSSR count). The van der Waals surface area contributed by atoms with Gasteiger partial charge in [-0.25, -0.2) is 0 Å². The van der Waals surface area contributed by atoms with Crippen LogP contribution < -0.4 is 5.73 Å². The highest BCUT2D eigenvalue weighted by Gasteiger charge is 2.25. The molecule has 0 bridgehead atoms. The van der Waals surface area contributed by atoms with Crippen molar-refractivity contribution in [3.63, 3.8) is 0 Å². The Labute approximate surface area is 78.1 Å². The van der Waals surface area contributed by atoms with Crippen LogP contribution in [-0.2, 0) is 13.0 Å². The number of nitrogens with two attached hydrogens (primary N) is 1. The van der Waals surface area contributed by atoms with Crippen molar-refractivity contribution in [3.05, 3.63) is 11.6 Å². The summed E-state index contributed by atoms with van der Waals surface area (Å²) in [5.41, 5.74) is 5.95. The number of nitrogens with zero attached hydrogens (tertiary/aromatic N) is 3. The fraction of sp³-hybridized carbons (Fsp3) is 0.778. The molecule has 1 aromatic heterocycles. The molecule has 2 N–H and O–H groups in total. The summed E-state index contributed by atoms with van der Waals surface area (Å²) in [7, 11) is 0. The second-order valence-corrected chi connectivity index (χ2v) is 3.84. The fourth-order valence-corrected chi connectivity index (χ4v) is 2.04. The van der Waals surface area contributed by atoms with Crippen molar-refractivity contribution in [1.82, 2.24) is 14.8 Å². The maximum absolute atomic E-state index is 5.95. The van der Waals surface area contributed by atoms with Gasteiger partial charge in [0.15, 0.2) is 0 Å². The number of hydrogen-bond acceptors (Lipinski definition) is 3. The molecular formula is C9H16N4. The van der Waals surface area contributed by atoms with Crippen LogP contribution in [0.25, 0.3) is 0 Å². The van der Waals surface area contributed by atoms with Crippen molar-refractivity contribution in [2.75, 3.05) is 0 Å². The molecule has 2 unspecified atom stereocenters. The first-order valence-electron chi connectivity index (χ1n) is 4.90. The lowest BCUT2D eigenvalue weighted by molar-refractivity contribution is 0.400. The first kappa shape index (κ1) is 8.69. The average Bonchev–Trinajstić information content (AvgIpc) is 2.47. The van der Waals surface area contributed by atoms with Crippen LogP contribution in [0.2, 0.25) is 0 Å². The third-order valence-corrected chi connectivity index (χ3v) is 2.69. The highest BCUT2D eigenvalue weighted by Crippen LogP contribution is 2.25. The Kier molecular flexibility index (Phi) is 2.07. The fourth-order valence-electron chi connectivity index (χ4n) is 2.04. The van der Waals surface area contributed by atoms with Gasteiger partial charge in [-0.1, -0.05) is 13.8 Å². The molecule has 13 heavy (non-hydrogen) atoms. The molecule has 0 radical (unpaired) electrons. The molecule has 2 heterocycles. The Hall–Kier alpha value is -0.900. The minimum absolute atomic E-state index is 0.267. The van der Waals surface area contributed by atoms with Crippen LogP contribution in [0.5, 0.6) is 0 Å². The molecular weight excluding hydrogens is 164 g/mol. The third-order valence-electron chi connectivity index (χ3n) is 2.69. The summed E-state index contributed by atoms with van der Waals surface area (Å²) < 4.78 is 2.18. The zero-order valence-corrected chi connectivity index (χ0v) is 8.20. The maximum Gasteiger partial charge on any atom is 0.135 e. The van der Waals surface area contributed by atoms with Gasteiger partial charge >= 0.3 is 0 Å². The summed E-state index contributed by atoms with van der Waals surface area (Å²) in [6.45, 7) is 5.15. The van der Waals surface area contributed by atoms with Crippen LogP contribution in [0.4, 0.5) is 0 Å². The number of aryl methyl sites for hydroxylation is 1. The maximum atomic E-state index is 5.95.